The number of nitrogens with zero attached hydrogens (tertiary/aromatic N) is 3. The van der Waals surface area contributed by atoms with Crippen LogP contribution >= 0.6 is 23.2 Å². The Bertz CT molecular complexity index is 1190. The summed E-state index contributed by atoms with van der Waals surface area (Å²) in [6.07, 6.45) is 2.92. The van der Waals surface area contributed by atoms with Crippen molar-refractivity contribution in [3.63, 3.8) is 0 Å². The Hall–Kier alpha value is -2.78. The van der Waals surface area contributed by atoms with Crippen LogP contribution in [0.3, 0.4) is 0 Å². The van der Waals surface area contributed by atoms with Gasteiger partial charge in [0, 0.05) is 36.3 Å². The summed E-state index contributed by atoms with van der Waals surface area (Å²) in [6, 6.07) is 18.7. The summed E-state index contributed by atoms with van der Waals surface area (Å²) in [7, 11) is 0. The topological polar surface area (TPSA) is 75.2 Å². The monoisotopic (exact) mass is 494 g/mol. The van der Waals surface area contributed by atoms with Gasteiger partial charge < -0.3 is 15.4 Å². The number of rotatable bonds is 7. The molecule has 0 spiro atoms. The predicted molar refractivity (Wildman–Crippen MR) is 139 cm³/mol. The van der Waals surface area contributed by atoms with Gasteiger partial charge in [-0.1, -0.05) is 49.7 Å². The van der Waals surface area contributed by atoms with Gasteiger partial charge in [0.25, 0.3) is 0 Å². The lowest BCUT2D eigenvalue weighted by atomic mass is 9.77. The highest BCUT2D eigenvalue weighted by Gasteiger charge is 2.26. The molecule has 176 valence electrons. The van der Waals surface area contributed by atoms with Gasteiger partial charge >= 0.3 is 0 Å². The van der Waals surface area contributed by atoms with E-state index in [1.54, 1.807) is 0 Å². The molecule has 1 unspecified atom stereocenters. The fourth-order valence-electron chi connectivity index (χ4n) is 4.31. The van der Waals surface area contributed by atoms with Crippen molar-refractivity contribution in [1.29, 1.82) is 5.26 Å². The van der Waals surface area contributed by atoms with Crippen LogP contribution in [0.15, 0.2) is 54.7 Å². The van der Waals surface area contributed by atoms with Gasteiger partial charge in [-0.25, -0.2) is 4.98 Å². The molecule has 34 heavy (non-hydrogen) atoms. The van der Waals surface area contributed by atoms with Crippen molar-refractivity contribution in [3.8, 4) is 22.9 Å². The number of halogens is 2. The lowest BCUT2D eigenvalue weighted by molar-refractivity contribution is 0.341. The second-order valence-electron chi connectivity index (χ2n) is 9.09. The number of nitriles is 1. The van der Waals surface area contributed by atoms with E-state index >= 15 is 0 Å². The third-order valence-corrected chi connectivity index (χ3v) is 6.88. The molecule has 0 bridgehead atoms. The number of benzene rings is 2. The van der Waals surface area contributed by atoms with Gasteiger partial charge in [-0.2, -0.15) is 5.26 Å². The van der Waals surface area contributed by atoms with Crippen LogP contribution in [-0.4, -0.2) is 36.6 Å². The first-order valence-electron chi connectivity index (χ1n) is 11.3. The van der Waals surface area contributed by atoms with Crippen LogP contribution in [-0.2, 0) is 5.41 Å². The zero-order valence-electron chi connectivity index (χ0n) is 19.4. The van der Waals surface area contributed by atoms with E-state index in [0.717, 1.165) is 47.6 Å². The number of pyridine rings is 1. The molecule has 2 aromatic carbocycles. The molecule has 1 saturated heterocycles. The predicted octanol–water partition coefficient (Wildman–Crippen LogP) is 5.75. The van der Waals surface area contributed by atoms with Crippen molar-refractivity contribution in [2.45, 2.75) is 31.7 Å². The summed E-state index contributed by atoms with van der Waals surface area (Å²) in [6.45, 7) is 6.33. The molecule has 5 nitrogen and oxygen atoms in total. The van der Waals surface area contributed by atoms with Gasteiger partial charge in [0.1, 0.15) is 18.5 Å². The number of hydrogen-bond donors (Lipinski definition) is 1. The van der Waals surface area contributed by atoms with Crippen molar-refractivity contribution in [3.05, 3.63) is 76.4 Å². The van der Waals surface area contributed by atoms with Crippen LogP contribution in [0, 0.1) is 11.3 Å². The van der Waals surface area contributed by atoms with Gasteiger partial charge in [0.2, 0.25) is 0 Å². The van der Waals surface area contributed by atoms with Crippen LogP contribution in [0.2, 0.25) is 5.02 Å². The molecule has 1 aliphatic heterocycles. The first-order valence-corrected chi connectivity index (χ1v) is 12.2. The summed E-state index contributed by atoms with van der Waals surface area (Å²) >= 11 is 12.2. The summed E-state index contributed by atoms with van der Waals surface area (Å²) in [5.74, 6) is 1.68. The highest BCUT2D eigenvalue weighted by Crippen LogP contribution is 2.38. The molecule has 0 aliphatic carbocycles. The number of hydrogen-bond acceptors (Lipinski definition) is 5. The second-order valence-corrected chi connectivity index (χ2v) is 9.87. The smallest absolute Gasteiger partial charge is 0.155 e. The Labute approximate surface area is 211 Å². The molecule has 0 saturated carbocycles. The fourth-order valence-corrected chi connectivity index (χ4v) is 4.66. The zero-order chi connectivity index (χ0) is 24.3. The minimum atomic E-state index is -0.366. The lowest BCUT2D eigenvalue weighted by Gasteiger charge is -2.27. The average molecular weight is 495 g/mol. The highest BCUT2D eigenvalue weighted by molar-refractivity contribution is 6.32. The largest absolute Gasteiger partial charge is 0.489 e. The van der Waals surface area contributed by atoms with E-state index in [1.807, 2.05) is 18.3 Å². The van der Waals surface area contributed by atoms with Crippen LogP contribution < -0.4 is 15.4 Å². The van der Waals surface area contributed by atoms with Crippen molar-refractivity contribution >= 4 is 29.0 Å². The first-order chi connectivity index (χ1) is 16.3. The maximum absolute atomic E-state index is 9.63. The number of aromatic nitrogens is 1. The molecule has 1 atom stereocenters. The molecule has 4 rings (SSSR count). The van der Waals surface area contributed by atoms with E-state index in [-0.39, 0.29) is 11.5 Å². The first kappa shape index (κ1) is 24.3. The van der Waals surface area contributed by atoms with Gasteiger partial charge in [-0.15, -0.1) is 11.6 Å². The van der Waals surface area contributed by atoms with Gasteiger partial charge in [0.05, 0.1) is 16.5 Å². The Kier molecular flexibility index (Phi) is 7.33. The van der Waals surface area contributed by atoms with E-state index in [1.165, 1.54) is 0 Å². The van der Waals surface area contributed by atoms with Crippen molar-refractivity contribution in [1.82, 2.24) is 4.98 Å². The van der Waals surface area contributed by atoms with Crippen LogP contribution in [0.25, 0.3) is 11.1 Å². The Morgan fingerprint density at radius 3 is 2.47 bits per heavy atom. The number of alkyl halides is 1. The molecule has 0 amide bonds. The number of nitrogens with two attached hydrogens (primary N) is 1. The molecule has 2 N–H and O–H groups in total. The SMILES string of the molecule is CC(C)(c1ccc(-c2ccc(N3CCC(N)C3)nc2)cc1)c1cc(Cl)c(OCCCl)c(C#N)c1. The van der Waals surface area contributed by atoms with E-state index in [2.05, 4.69) is 66.2 Å². The van der Waals surface area contributed by atoms with Crippen LogP contribution in [0.5, 0.6) is 5.75 Å². The molecule has 0 radical (unpaired) electrons. The molecule has 3 aromatic rings. The summed E-state index contributed by atoms with van der Waals surface area (Å²) < 4.78 is 5.59. The Morgan fingerprint density at radius 2 is 1.88 bits per heavy atom. The minimum Gasteiger partial charge on any atom is -0.489 e. The lowest BCUT2D eigenvalue weighted by Crippen LogP contribution is -2.26. The van der Waals surface area contributed by atoms with E-state index in [4.69, 9.17) is 33.7 Å². The molecule has 7 heteroatoms. The van der Waals surface area contributed by atoms with Crippen molar-refractivity contribution in [2.75, 3.05) is 30.5 Å². The maximum atomic E-state index is 9.63. The Balaban J connectivity index is 1.56. The third-order valence-electron chi connectivity index (χ3n) is 6.45. The molecular weight excluding hydrogens is 467 g/mol. The number of ether oxygens (including phenoxy) is 1. The average Bonchev–Trinajstić information content (AvgIpc) is 3.29. The summed E-state index contributed by atoms with van der Waals surface area (Å²) in [4.78, 5) is 6.88. The highest BCUT2D eigenvalue weighted by atomic mass is 35.5. The quantitative estimate of drug-likeness (QED) is 0.422. The third kappa shape index (κ3) is 5.00. The fraction of sp³-hybridized carbons (Fsp3) is 0.333. The van der Waals surface area contributed by atoms with Crippen molar-refractivity contribution < 1.29 is 4.74 Å². The molecule has 2 heterocycles. The minimum absolute atomic E-state index is 0.228. The van der Waals surface area contributed by atoms with E-state index in [0.29, 0.717) is 28.8 Å². The summed E-state index contributed by atoms with van der Waals surface area (Å²) in [5, 5.41) is 10.0. The standard InChI is InChI=1S/C27H28Cl2N4O/c1-27(2,22-13-20(15-30)26(24(29)14-22)34-12-10-28)21-6-3-18(4-7-21)19-5-8-25(32-16-19)33-11-9-23(31)17-33/h3-8,13-14,16,23H,9-12,17,31H2,1-2H3. The summed E-state index contributed by atoms with van der Waals surface area (Å²) in [5.41, 5.74) is 10.3. The molecular formula is C27H28Cl2N4O. The van der Waals surface area contributed by atoms with E-state index in [9.17, 15) is 5.26 Å². The van der Waals surface area contributed by atoms with Gasteiger partial charge in [-0.05, 0) is 47.4 Å². The number of anilines is 1. The molecule has 1 aliphatic rings. The Morgan fingerprint density at radius 1 is 1.15 bits per heavy atom. The van der Waals surface area contributed by atoms with Crippen molar-refractivity contribution in [2.24, 2.45) is 5.73 Å². The van der Waals surface area contributed by atoms with Gasteiger partial charge in [-0.3, -0.25) is 0 Å². The van der Waals surface area contributed by atoms with Crippen LogP contribution in [0.4, 0.5) is 5.82 Å². The van der Waals surface area contributed by atoms with E-state index < -0.39 is 0 Å². The second kappa shape index (κ2) is 10.2. The zero-order valence-corrected chi connectivity index (χ0v) is 20.9. The molecule has 1 aromatic heterocycles. The van der Waals surface area contributed by atoms with Gasteiger partial charge in [0.15, 0.2) is 5.75 Å². The maximum Gasteiger partial charge on any atom is 0.155 e. The molecule has 1 fully saturated rings. The normalized spacial score (nSPS) is 15.9. The van der Waals surface area contributed by atoms with Crippen LogP contribution in [0.1, 0.15) is 37.0 Å².